The number of aryl methyl sites for hydroxylation is 1. The summed E-state index contributed by atoms with van der Waals surface area (Å²) in [6.07, 6.45) is -0.0651. The van der Waals surface area contributed by atoms with Crippen LogP contribution in [-0.2, 0) is 16.0 Å². The van der Waals surface area contributed by atoms with Crippen LogP contribution in [0.3, 0.4) is 0 Å². The number of amides is 1. The first kappa shape index (κ1) is 19.4. The molecule has 28 heavy (non-hydrogen) atoms. The van der Waals surface area contributed by atoms with Crippen LogP contribution in [0.1, 0.15) is 40.1 Å². The van der Waals surface area contributed by atoms with Gasteiger partial charge in [-0.2, -0.15) is 0 Å². The first-order chi connectivity index (χ1) is 13.5. The Labute approximate surface area is 162 Å². The molecule has 1 aliphatic heterocycles. The predicted octanol–water partition coefficient (Wildman–Crippen LogP) is 2.52. The van der Waals surface area contributed by atoms with Gasteiger partial charge in [-0.25, -0.2) is 0 Å². The fourth-order valence-electron chi connectivity index (χ4n) is 2.72. The summed E-state index contributed by atoms with van der Waals surface area (Å²) >= 11 is 0. The van der Waals surface area contributed by atoms with E-state index in [0.29, 0.717) is 22.6 Å². The molecule has 0 aromatic heterocycles. The van der Waals surface area contributed by atoms with Gasteiger partial charge in [0.1, 0.15) is 6.54 Å². The number of Topliss-reactive ketones (excluding diaryl/α,β-unsaturated/α-hetero) is 1. The molecule has 0 unspecified atom stereocenters. The predicted molar refractivity (Wildman–Crippen MR) is 101 cm³/mol. The van der Waals surface area contributed by atoms with Crippen LogP contribution >= 0.6 is 0 Å². The minimum Gasteiger partial charge on any atom is -0.454 e. The average molecular weight is 383 g/mol. The van der Waals surface area contributed by atoms with Gasteiger partial charge in [0.05, 0.1) is 0 Å². The molecule has 2 aromatic carbocycles. The monoisotopic (exact) mass is 383 g/mol. The molecule has 7 heteroatoms. The summed E-state index contributed by atoms with van der Waals surface area (Å²) in [6.45, 7) is 3.30. The van der Waals surface area contributed by atoms with E-state index in [0.717, 1.165) is 12.0 Å². The molecular formula is C21H21NO6. The van der Waals surface area contributed by atoms with E-state index in [-0.39, 0.29) is 19.1 Å². The zero-order chi connectivity index (χ0) is 20.1. The number of ketones is 1. The van der Waals surface area contributed by atoms with E-state index >= 15 is 0 Å². The quantitative estimate of drug-likeness (QED) is 0.584. The number of benzene rings is 2. The van der Waals surface area contributed by atoms with Crippen LogP contribution in [0.15, 0.2) is 42.5 Å². The van der Waals surface area contributed by atoms with Gasteiger partial charge in [-0.1, -0.05) is 31.2 Å². The molecule has 3 rings (SSSR count). The first-order valence-electron chi connectivity index (χ1n) is 8.98. The van der Waals surface area contributed by atoms with E-state index in [9.17, 15) is 14.4 Å². The number of fused-ring (bicyclic) bond motifs is 1. The molecule has 0 saturated carbocycles. The highest BCUT2D eigenvalue weighted by molar-refractivity contribution is 6.00. The molecule has 2 aromatic rings. The smallest absolute Gasteiger partial charge is 0.326 e. The molecule has 0 spiro atoms. The molecule has 0 bridgehead atoms. The summed E-state index contributed by atoms with van der Waals surface area (Å²) in [5, 5.41) is 2.47. The van der Waals surface area contributed by atoms with Crippen LogP contribution in [0.2, 0.25) is 0 Å². The van der Waals surface area contributed by atoms with E-state index in [1.165, 1.54) is 13.0 Å². The molecule has 0 radical (unpaired) electrons. The summed E-state index contributed by atoms with van der Waals surface area (Å²) in [4.78, 5) is 36.5. The van der Waals surface area contributed by atoms with Gasteiger partial charge < -0.3 is 19.5 Å². The minimum absolute atomic E-state index is 0.111. The molecule has 0 aliphatic carbocycles. The molecule has 0 saturated heterocycles. The van der Waals surface area contributed by atoms with Gasteiger partial charge in [0.15, 0.2) is 17.6 Å². The maximum Gasteiger partial charge on any atom is 0.326 e. The maximum atomic E-state index is 12.4. The second-order valence-electron chi connectivity index (χ2n) is 6.30. The van der Waals surface area contributed by atoms with E-state index in [1.807, 2.05) is 19.1 Å². The van der Waals surface area contributed by atoms with Crippen molar-refractivity contribution in [3.63, 3.8) is 0 Å². The summed E-state index contributed by atoms with van der Waals surface area (Å²) in [6, 6.07) is 11.9. The molecule has 0 fully saturated rings. The number of carbonyl (C=O) groups excluding carboxylic acids is 3. The van der Waals surface area contributed by atoms with Crippen molar-refractivity contribution in [2.45, 2.75) is 26.4 Å². The van der Waals surface area contributed by atoms with Crippen LogP contribution in [0.25, 0.3) is 0 Å². The summed E-state index contributed by atoms with van der Waals surface area (Å²) in [5.74, 6) is -0.401. The van der Waals surface area contributed by atoms with Gasteiger partial charge in [0.25, 0.3) is 5.91 Å². The SMILES string of the molecule is CCc1ccc(C(=O)[C@H](C)OC(=O)CNC(=O)c2ccc3c(c2)OCO3)cc1. The standard InChI is InChI=1S/C21H21NO6/c1-3-14-4-6-15(7-5-14)20(24)13(2)28-19(23)11-22-21(25)16-8-9-17-18(10-16)27-12-26-17/h4-10,13H,3,11-12H2,1-2H3,(H,22,25)/t13-/m0/s1. The van der Waals surface area contributed by atoms with Crippen LogP contribution in [0, 0.1) is 0 Å². The Morgan fingerprint density at radius 3 is 2.43 bits per heavy atom. The topological polar surface area (TPSA) is 90.9 Å². The summed E-state index contributed by atoms with van der Waals surface area (Å²) in [7, 11) is 0. The van der Waals surface area contributed by atoms with Crippen LogP contribution in [0.5, 0.6) is 11.5 Å². The number of rotatable bonds is 7. The van der Waals surface area contributed by atoms with Crippen LogP contribution in [0.4, 0.5) is 0 Å². The van der Waals surface area contributed by atoms with Gasteiger partial charge in [0.2, 0.25) is 12.6 Å². The number of ether oxygens (including phenoxy) is 3. The lowest BCUT2D eigenvalue weighted by Gasteiger charge is -2.13. The Kier molecular flexibility index (Phi) is 5.93. The molecule has 146 valence electrons. The highest BCUT2D eigenvalue weighted by Gasteiger charge is 2.21. The molecule has 1 amide bonds. The normalized spacial score (nSPS) is 12.9. The largest absolute Gasteiger partial charge is 0.454 e. The van der Waals surface area contributed by atoms with Gasteiger partial charge in [0, 0.05) is 11.1 Å². The van der Waals surface area contributed by atoms with Gasteiger partial charge in [-0.3, -0.25) is 14.4 Å². The Morgan fingerprint density at radius 1 is 1.04 bits per heavy atom. The van der Waals surface area contributed by atoms with Crippen molar-refractivity contribution in [3.05, 3.63) is 59.2 Å². The van der Waals surface area contributed by atoms with Crippen molar-refractivity contribution in [1.29, 1.82) is 0 Å². The van der Waals surface area contributed by atoms with E-state index in [1.54, 1.807) is 24.3 Å². The fourth-order valence-corrected chi connectivity index (χ4v) is 2.72. The highest BCUT2D eigenvalue weighted by Crippen LogP contribution is 2.32. The first-order valence-corrected chi connectivity index (χ1v) is 8.98. The number of hydrogen-bond donors (Lipinski definition) is 1. The van der Waals surface area contributed by atoms with Crippen molar-refractivity contribution in [2.24, 2.45) is 0 Å². The van der Waals surface area contributed by atoms with Crippen molar-refractivity contribution in [1.82, 2.24) is 5.32 Å². The van der Waals surface area contributed by atoms with Gasteiger partial charge >= 0.3 is 5.97 Å². The van der Waals surface area contributed by atoms with E-state index in [2.05, 4.69) is 5.32 Å². The third-order valence-electron chi connectivity index (χ3n) is 4.35. The Bertz CT molecular complexity index is 890. The number of nitrogens with one attached hydrogen (secondary N) is 1. The fraction of sp³-hybridized carbons (Fsp3) is 0.286. The van der Waals surface area contributed by atoms with Crippen LogP contribution in [-0.4, -0.2) is 37.1 Å². The number of hydrogen-bond acceptors (Lipinski definition) is 6. The Hall–Kier alpha value is -3.35. The zero-order valence-corrected chi connectivity index (χ0v) is 15.7. The number of esters is 1. The lowest BCUT2D eigenvalue weighted by molar-refractivity contribution is -0.145. The maximum absolute atomic E-state index is 12.4. The Morgan fingerprint density at radius 2 is 1.71 bits per heavy atom. The second kappa shape index (κ2) is 8.56. The van der Waals surface area contributed by atoms with Gasteiger partial charge in [-0.15, -0.1) is 0 Å². The molecule has 1 aliphatic rings. The molecule has 1 atom stereocenters. The third-order valence-corrected chi connectivity index (χ3v) is 4.35. The molecular weight excluding hydrogens is 362 g/mol. The van der Waals surface area contributed by atoms with Crippen molar-refractivity contribution in [2.75, 3.05) is 13.3 Å². The van der Waals surface area contributed by atoms with E-state index in [4.69, 9.17) is 14.2 Å². The van der Waals surface area contributed by atoms with Crippen molar-refractivity contribution < 1.29 is 28.6 Å². The van der Waals surface area contributed by atoms with Crippen LogP contribution < -0.4 is 14.8 Å². The third kappa shape index (κ3) is 4.49. The lowest BCUT2D eigenvalue weighted by atomic mass is 10.0. The molecule has 1 N–H and O–H groups in total. The minimum atomic E-state index is -0.942. The van der Waals surface area contributed by atoms with Crippen molar-refractivity contribution in [3.8, 4) is 11.5 Å². The van der Waals surface area contributed by atoms with Gasteiger partial charge in [-0.05, 0) is 37.1 Å². The van der Waals surface area contributed by atoms with Crippen molar-refractivity contribution >= 4 is 17.7 Å². The zero-order valence-electron chi connectivity index (χ0n) is 15.7. The summed E-state index contributed by atoms with van der Waals surface area (Å²) in [5.41, 5.74) is 1.92. The lowest BCUT2D eigenvalue weighted by Crippen LogP contribution is -2.34. The second-order valence-corrected chi connectivity index (χ2v) is 6.30. The summed E-state index contributed by atoms with van der Waals surface area (Å²) < 4.78 is 15.5. The van der Waals surface area contributed by atoms with E-state index < -0.39 is 18.0 Å². The number of carbonyl (C=O) groups is 3. The average Bonchev–Trinajstić information content (AvgIpc) is 3.19. The Balaban J connectivity index is 1.50. The highest BCUT2D eigenvalue weighted by atomic mass is 16.7. The molecule has 1 heterocycles. The molecule has 7 nitrogen and oxygen atoms in total.